The number of amides is 1. The molecule has 0 aliphatic carbocycles. The Hall–Kier alpha value is -1.93. The summed E-state index contributed by atoms with van der Waals surface area (Å²) in [4.78, 5) is 12.2. The van der Waals surface area contributed by atoms with Gasteiger partial charge in [-0.25, -0.2) is 4.68 Å². The maximum Gasteiger partial charge on any atom is 0.234 e. The molecular weight excluding hydrogens is 429 g/mol. The molecule has 0 bridgehead atoms. The van der Waals surface area contributed by atoms with Crippen molar-refractivity contribution in [3.05, 3.63) is 57.0 Å². The van der Waals surface area contributed by atoms with Gasteiger partial charge < -0.3 is 11.2 Å². The smallest absolute Gasteiger partial charge is 0.234 e. The highest BCUT2D eigenvalue weighted by Gasteiger charge is 2.15. The van der Waals surface area contributed by atoms with Gasteiger partial charge in [-0.05, 0) is 19.1 Å². The molecule has 0 aliphatic heterocycles. The fourth-order valence-electron chi connectivity index (χ4n) is 2.24. The predicted octanol–water partition coefficient (Wildman–Crippen LogP) is 4.66. The summed E-state index contributed by atoms with van der Waals surface area (Å²) in [5.41, 5.74) is 2.28. The number of rotatable bonds is 5. The highest BCUT2D eigenvalue weighted by molar-refractivity contribution is 7.99. The zero-order chi connectivity index (χ0) is 19.6. The second-order valence-corrected chi connectivity index (χ2v) is 7.82. The zero-order valence-electron chi connectivity index (χ0n) is 14.0. The van der Waals surface area contributed by atoms with E-state index in [1.54, 1.807) is 0 Å². The molecule has 140 valence electrons. The Morgan fingerprint density at radius 2 is 1.78 bits per heavy atom. The van der Waals surface area contributed by atoms with E-state index in [4.69, 9.17) is 40.6 Å². The average molecular weight is 443 g/mol. The van der Waals surface area contributed by atoms with Gasteiger partial charge >= 0.3 is 0 Å². The monoisotopic (exact) mass is 441 g/mol. The second-order valence-electron chi connectivity index (χ2n) is 5.62. The van der Waals surface area contributed by atoms with E-state index in [0.717, 1.165) is 22.9 Å². The summed E-state index contributed by atoms with van der Waals surface area (Å²) in [5.74, 6) is 6.31. The number of aryl methyl sites for hydroxylation is 1. The number of carbonyl (C=O) groups excluding carboxylic acids is 1. The van der Waals surface area contributed by atoms with Gasteiger partial charge in [0.1, 0.15) is 0 Å². The fraction of sp³-hybridized carbons (Fsp3) is 0.118. The van der Waals surface area contributed by atoms with E-state index in [-0.39, 0.29) is 21.7 Å². The van der Waals surface area contributed by atoms with Gasteiger partial charge in [-0.1, -0.05) is 76.4 Å². The van der Waals surface area contributed by atoms with Gasteiger partial charge in [-0.2, -0.15) is 0 Å². The van der Waals surface area contributed by atoms with E-state index in [2.05, 4.69) is 15.5 Å². The third kappa shape index (κ3) is 4.68. The molecule has 0 fully saturated rings. The van der Waals surface area contributed by atoms with Crippen molar-refractivity contribution in [3.8, 4) is 11.4 Å². The summed E-state index contributed by atoms with van der Waals surface area (Å²) >= 11 is 19.1. The highest BCUT2D eigenvalue weighted by Crippen LogP contribution is 2.33. The summed E-state index contributed by atoms with van der Waals surface area (Å²) in [7, 11) is 0. The largest absolute Gasteiger partial charge is 0.335 e. The van der Waals surface area contributed by atoms with Crippen molar-refractivity contribution in [2.24, 2.45) is 0 Å². The number of nitrogens with two attached hydrogens (primary N) is 1. The van der Waals surface area contributed by atoms with Gasteiger partial charge in [0.25, 0.3) is 0 Å². The number of carbonyl (C=O) groups is 1. The van der Waals surface area contributed by atoms with Crippen molar-refractivity contribution in [2.75, 3.05) is 16.9 Å². The number of benzene rings is 2. The molecule has 0 spiro atoms. The summed E-state index contributed by atoms with van der Waals surface area (Å²) in [6.45, 7) is 2.00. The maximum atomic E-state index is 12.2. The van der Waals surface area contributed by atoms with Crippen LogP contribution in [0.15, 0.2) is 41.6 Å². The normalized spacial score (nSPS) is 10.8. The number of thioether (sulfide) groups is 1. The number of nitrogen functional groups attached to an aromatic ring is 1. The highest BCUT2D eigenvalue weighted by atomic mass is 35.5. The molecule has 1 aromatic heterocycles. The van der Waals surface area contributed by atoms with Crippen LogP contribution in [0, 0.1) is 6.92 Å². The first kappa shape index (κ1) is 19.8. The van der Waals surface area contributed by atoms with Crippen LogP contribution in [0.5, 0.6) is 0 Å². The first-order chi connectivity index (χ1) is 12.8. The molecule has 6 nitrogen and oxygen atoms in total. The van der Waals surface area contributed by atoms with Gasteiger partial charge in [-0.3, -0.25) is 4.79 Å². The third-order valence-corrected chi connectivity index (χ3v) is 5.34. The lowest BCUT2D eigenvalue weighted by Gasteiger charge is -2.09. The van der Waals surface area contributed by atoms with Gasteiger partial charge in [0.05, 0.1) is 21.5 Å². The number of hydrogen-bond donors (Lipinski definition) is 2. The molecule has 0 atom stereocenters. The Balaban J connectivity index is 1.67. The standard InChI is InChI=1S/C17H14Cl3N5OS/c1-9-2-4-10(5-3-9)16-23-24-17(25(16)21)27-8-14(26)22-15-12(19)6-11(18)7-13(15)20/h2-7H,8,21H2,1H3,(H,22,26). The summed E-state index contributed by atoms with van der Waals surface area (Å²) in [5, 5.41) is 12.1. The van der Waals surface area contributed by atoms with Crippen LogP contribution in [0.1, 0.15) is 5.56 Å². The molecule has 0 unspecified atom stereocenters. The topological polar surface area (TPSA) is 85.8 Å². The number of hydrogen-bond acceptors (Lipinski definition) is 5. The van der Waals surface area contributed by atoms with Crippen molar-refractivity contribution in [1.29, 1.82) is 0 Å². The van der Waals surface area contributed by atoms with Crippen LogP contribution in [0.4, 0.5) is 5.69 Å². The van der Waals surface area contributed by atoms with Crippen LogP contribution in [0.2, 0.25) is 15.1 Å². The molecule has 0 saturated carbocycles. The Labute approximate surface area is 175 Å². The van der Waals surface area contributed by atoms with Gasteiger partial charge in [0.2, 0.25) is 11.1 Å². The van der Waals surface area contributed by atoms with Crippen LogP contribution < -0.4 is 11.2 Å². The minimum atomic E-state index is -0.314. The Morgan fingerprint density at radius 1 is 1.15 bits per heavy atom. The molecule has 27 heavy (non-hydrogen) atoms. The van der Waals surface area contributed by atoms with E-state index >= 15 is 0 Å². The SMILES string of the molecule is Cc1ccc(-c2nnc(SCC(=O)Nc3c(Cl)cc(Cl)cc3Cl)n2N)cc1. The van der Waals surface area contributed by atoms with Crippen molar-refractivity contribution in [1.82, 2.24) is 14.9 Å². The molecule has 2 aromatic carbocycles. The maximum absolute atomic E-state index is 12.2. The van der Waals surface area contributed by atoms with E-state index in [9.17, 15) is 4.79 Å². The number of nitrogens with zero attached hydrogens (tertiary/aromatic N) is 3. The molecule has 0 saturated heterocycles. The van der Waals surface area contributed by atoms with Crippen LogP contribution in [0.3, 0.4) is 0 Å². The van der Waals surface area contributed by atoms with Gasteiger partial charge in [0.15, 0.2) is 5.82 Å². The summed E-state index contributed by atoms with van der Waals surface area (Å²) in [6, 6.07) is 10.8. The summed E-state index contributed by atoms with van der Waals surface area (Å²) in [6.07, 6.45) is 0. The lowest BCUT2D eigenvalue weighted by molar-refractivity contribution is -0.113. The molecule has 3 rings (SSSR count). The molecule has 3 N–H and O–H groups in total. The summed E-state index contributed by atoms with van der Waals surface area (Å²) < 4.78 is 1.35. The second kappa shape index (κ2) is 8.39. The van der Waals surface area contributed by atoms with Gasteiger partial charge in [0, 0.05) is 10.6 Å². The van der Waals surface area contributed by atoms with Crippen molar-refractivity contribution >= 4 is 58.2 Å². The number of halogens is 3. The molecule has 1 amide bonds. The van der Waals surface area contributed by atoms with E-state index < -0.39 is 0 Å². The molecule has 3 aromatic rings. The molecular formula is C17H14Cl3N5OS. The van der Waals surface area contributed by atoms with E-state index in [0.29, 0.717) is 21.7 Å². The van der Waals surface area contributed by atoms with E-state index in [1.807, 2.05) is 31.2 Å². The fourth-order valence-corrected chi connectivity index (χ4v) is 3.81. The molecule has 0 aliphatic rings. The van der Waals surface area contributed by atoms with Crippen molar-refractivity contribution in [3.63, 3.8) is 0 Å². The quantitative estimate of drug-likeness (QED) is 0.443. The number of anilines is 1. The van der Waals surface area contributed by atoms with Crippen molar-refractivity contribution < 1.29 is 4.79 Å². The van der Waals surface area contributed by atoms with Crippen LogP contribution in [0.25, 0.3) is 11.4 Å². The zero-order valence-corrected chi connectivity index (χ0v) is 17.1. The first-order valence-electron chi connectivity index (χ1n) is 7.70. The van der Waals surface area contributed by atoms with E-state index in [1.165, 1.54) is 16.8 Å². The first-order valence-corrected chi connectivity index (χ1v) is 9.82. The number of aromatic nitrogens is 3. The molecule has 1 heterocycles. The Kier molecular flexibility index (Phi) is 6.16. The number of nitrogens with one attached hydrogen (secondary N) is 1. The van der Waals surface area contributed by atoms with Gasteiger partial charge in [-0.15, -0.1) is 10.2 Å². The molecule has 0 radical (unpaired) electrons. The lowest BCUT2D eigenvalue weighted by Crippen LogP contribution is -2.17. The average Bonchev–Trinajstić information content (AvgIpc) is 2.98. The molecule has 10 heteroatoms. The minimum Gasteiger partial charge on any atom is -0.335 e. The van der Waals surface area contributed by atoms with Crippen LogP contribution in [-0.4, -0.2) is 26.5 Å². The minimum absolute atomic E-state index is 0.0541. The predicted molar refractivity (Wildman–Crippen MR) is 111 cm³/mol. The van der Waals surface area contributed by atoms with Crippen LogP contribution in [-0.2, 0) is 4.79 Å². The Bertz CT molecular complexity index is 968. The third-order valence-electron chi connectivity index (χ3n) is 3.58. The van der Waals surface area contributed by atoms with Crippen LogP contribution >= 0.6 is 46.6 Å². The Morgan fingerprint density at radius 3 is 2.41 bits per heavy atom. The lowest BCUT2D eigenvalue weighted by atomic mass is 10.1. The van der Waals surface area contributed by atoms with Crippen molar-refractivity contribution in [2.45, 2.75) is 12.1 Å².